The Morgan fingerprint density at radius 1 is 1.21 bits per heavy atom. The summed E-state index contributed by atoms with van der Waals surface area (Å²) in [7, 11) is 0. The van der Waals surface area contributed by atoms with E-state index in [0.29, 0.717) is 19.4 Å². The van der Waals surface area contributed by atoms with Gasteiger partial charge >= 0.3 is 5.97 Å². The zero-order chi connectivity index (χ0) is 17.5. The van der Waals surface area contributed by atoms with Crippen LogP contribution in [0, 0.1) is 5.92 Å². The third kappa shape index (κ3) is 4.55. The van der Waals surface area contributed by atoms with Crippen molar-refractivity contribution in [2.45, 2.75) is 38.1 Å². The highest BCUT2D eigenvalue weighted by Gasteiger charge is 2.36. The zero-order valence-corrected chi connectivity index (χ0v) is 13.4. The van der Waals surface area contributed by atoms with Crippen LogP contribution in [0.1, 0.15) is 31.2 Å². The molecule has 1 aromatic rings. The molecule has 0 aromatic heterocycles. The van der Waals surface area contributed by atoms with E-state index in [-0.39, 0.29) is 12.3 Å². The topological polar surface area (TPSA) is 107 Å². The molecule has 1 fully saturated rings. The molecule has 0 unspecified atom stereocenters. The number of piperidine rings is 1. The van der Waals surface area contributed by atoms with Gasteiger partial charge in [-0.2, -0.15) is 0 Å². The maximum atomic E-state index is 12.9. The van der Waals surface area contributed by atoms with Gasteiger partial charge in [0.2, 0.25) is 11.8 Å². The van der Waals surface area contributed by atoms with Gasteiger partial charge in [-0.1, -0.05) is 30.3 Å². The molecule has 2 rings (SSSR count). The van der Waals surface area contributed by atoms with Gasteiger partial charge in [0.15, 0.2) is 0 Å². The van der Waals surface area contributed by atoms with Crippen molar-refractivity contribution in [3.8, 4) is 0 Å². The summed E-state index contributed by atoms with van der Waals surface area (Å²) in [6, 6.07) is 8.38. The van der Waals surface area contributed by atoms with Crippen LogP contribution in [0.25, 0.3) is 0 Å². The second-order valence-corrected chi connectivity index (χ2v) is 6.01. The molecule has 0 bridgehead atoms. The standard InChI is InChI=1S/C17H22N2O5/c20-15(18-24)11-13(10-12-6-2-1-3-7-12)16(21)19-9-5-4-8-14(19)17(22)23/h1-3,6-7,13-14,24H,4-5,8-11H2,(H,18,20)(H,22,23)/t13-,14-/m1/s1. The van der Waals surface area contributed by atoms with E-state index in [4.69, 9.17) is 5.21 Å². The van der Waals surface area contributed by atoms with Crippen LogP contribution in [0.5, 0.6) is 0 Å². The molecule has 24 heavy (non-hydrogen) atoms. The van der Waals surface area contributed by atoms with Crippen molar-refractivity contribution in [2.24, 2.45) is 5.92 Å². The molecule has 3 N–H and O–H groups in total. The van der Waals surface area contributed by atoms with Crippen molar-refractivity contribution in [1.82, 2.24) is 10.4 Å². The lowest BCUT2D eigenvalue weighted by Crippen LogP contribution is -2.51. The molecular formula is C17H22N2O5. The van der Waals surface area contributed by atoms with Gasteiger partial charge in [-0.05, 0) is 31.2 Å². The monoisotopic (exact) mass is 334 g/mol. The third-order valence-electron chi connectivity index (χ3n) is 4.30. The number of hydrogen-bond donors (Lipinski definition) is 3. The number of nitrogens with one attached hydrogen (secondary N) is 1. The fraction of sp³-hybridized carbons (Fsp3) is 0.471. The number of rotatable bonds is 6. The molecule has 130 valence electrons. The van der Waals surface area contributed by atoms with Crippen LogP contribution in [0.15, 0.2) is 30.3 Å². The third-order valence-corrected chi connectivity index (χ3v) is 4.30. The normalized spacial score (nSPS) is 18.7. The number of hydrogen-bond acceptors (Lipinski definition) is 4. The summed E-state index contributed by atoms with van der Waals surface area (Å²) in [5.74, 6) is -2.74. The lowest BCUT2D eigenvalue weighted by molar-refractivity contribution is -0.154. The first-order valence-corrected chi connectivity index (χ1v) is 8.03. The number of carbonyl (C=O) groups excluding carboxylic acids is 2. The van der Waals surface area contributed by atoms with E-state index in [1.807, 2.05) is 30.3 Å². The van der Waals surface area contributed by atoms with Gasteiger partial charge in [-0.3, -0.25) is 14.8 Å². The first kappa shape index (κ1) is 17.9. The van der Waals surface area contributed by atoms with E-state index in [9.17, 15) is 19.5 Å². The average molecular weight is 334 g/mol. The lowest BCUT2D eigenvalue weighted by Gasteiger charge is -2.35. The highest BCUT2D eigenvalue weighted by Crippen LogP contribution is 2.23. The van der Waals surface area contributed by atoms with Gasteiger partial charge in [0, 0.05) is 13.0 Å². The molecular weight excluding hydrogens is 312 g/mol. The predicted octanol–water partition coefficient (Wildman–Crippen LogP) is 1.21. The van der Waals surface area contributed by atoms with E-state index < -0.39 is 23.8 Å². The highest BCUT2D eigenvalue weighted by atomic mass is 16.5. The Kier molecular flexibility index (Phi) is 6.31. The second-order valence-electron chi connectivity index (χ2n) is 6.01. The first-order valence-electron chi connectivity index (χ1n) is 8.03. The van der Waals surface area contributed by atoms with Gasteiger partial charge in [0.05, 0.1) is 5.92 Å². The summed E-state index contributed by atoms with van der Waals surface area (Å²) in [6.45, 7) is 0.377. The number of nitrogens with zero attached hydrogens (tertiary/aromatic N) is 1. The molecule has 2 amide bonds. The van der Waals surface area contributed by atoms with Crippen molar-refractivity contribution >= 4 is 17.8 Å². The highest BCUT2D eigenvalue weighted by molar-refractivity contribution is 5.88. The predicted molar refractivity (Wildman–Crippen MR) is 85.2 cm³/mol. The Bertz CT molecular complexity index is 590. The minimum atomic E-state index is -1.02. The van der Waals surface area contributed by atoms with Crippen molar-refractivity contribution < 1.29 is 24.7 Å². The molecule has 1 aromatic carbocycles. The van der Waals surface area contributed by atoms with Crippen LogP contribution in [0.3, 0.4) is 0 Å². The molecule has 0 radical (unpaired) electrons. The van der Waals surface area contributed by atoms with Crippen LogP contribution in [0.2, 0.25) is 0 Å². The fourth-order valence-electron chi connectivity index (χ4n) is 3.10. The van der Waals surface area contributed by atoms with Crippen LogP contribution in [-0.2, 0) is 20.8 Å². The van der Waals surface area contributed by atoms with E-state index in [0.717, 1.165) is 18.4 Å². The van der Waals surface area contributed by atoms with Crippen LogP contribution >= 0.6 is 0 Å². The average Bonchev–Trinajstić information content (AvgIpc) is 2.61. The molecule has 7 nitrogen and oxygen atoms in total. The van der Waals surface area contributed by atoms with E-state index in [2.05, 4.69) is 0 Å². The zero-order valence-electron chi connectivity index (χ0n) is 13.4. The van der Waals surface area contributed by atoms with Gasteiger partial charge in [0.1, 0.15) is 6.04 Å². The van der Waals surface area contributed by atoms with Gasteiger partial charge in [0.25, 0.3) is 0 Å². The summed E-state index contributed by atoms with van der Waals surface area (Å²) in [5, 5.41) is 18.1. The Balaban J connectivity index is 2.19. The molecule has 2 atom stereocenters. The van der Waals surface area contributed by atoms with Gasteiger partial charge in [-0.15, -0.1) is 0 Å². The lowest BCUT2D eigenvalue weighted by atomic mass is 9.92. The first-order chi connectivity index (χ1) is 11.5. The van der Waals surface area contributed by atoms with Crippen molar-refractivity contribution in [3.05, 3.63) is 35.9 Å². The Morgan fingerprint density at radius 3 is 2.54 bits per heavy atom. The molecule has 0 saturated carbocycles. The Hall–Kier alpha value is -2.41. The van der Waals surface area contributed by atoms with E-state index in [1.165, 1.54) is 4.90 Å². The molecule has 7 heteroatoms. The molecule has 0 aliphatic carbocycles. The van der Waals surface area contributed by atoms with Crippen molar-refractivity contribution in [1.29, 1.82) is 0 Å². The number of benzene rings is 1. The van der Waals surface area contributed by atoms with Crippen LogP contribution < -0.4 is 5.48 Å². The summed E-state index contributed by atoms with van der Waals surface area (Å²) < 4.78 is 0. The SMILES string of the molecule is O=C(C[C@@H](Cc1ccccc1)C(=O)N1CCCC[C@@H]1C(=O)O)NO. The Morgan fingerprint density at radius 2 is 1.92 bits per heavy atom. The molecule has 0 spiro atoms. The molecule has 1 heterocycles. The quantitative estimate of drug-likeness (QED) is 0.535. The maximum absolute atomic E-state index is 12.9. The number of carboxylic acid groups (broad SMARTS) is 1. The van der Waals surface area contributed by atoms with Gasteiger partial charge < -0.3 is 10.0 Å². The second kappa shape index (κ2) is 8.44. The summed E-state index contributed by atoms with van der Waals surface area (Å²) in [6.07, 6.45) is 2.06. The van der Waals surface area contributed by atoms with Crippen LogP contribution in [0.4, 0.5) is 0 Å². The molecule has 1 saturated heterocycles. The number of likely N-dealkylation sites (tertiary alicyclic amines) is 1. The van der Waals surface area contributed by atoms with Crippen molar-refractivity contribution in [3.63, 3.8) is 0 Å². The largest absolute Gasteiger partial charge is 0.480 e. The number of hydroxylamine groups is 1. The van der Waals surface area contributed by atoms with Crippen LogP contribution in [-0.4, -0.2) is 45.6 Å². The number of carboxylic acids is 1. The van der Waals surface area contributed by atoms with Gasteiger partial charge in [-0.25, -0.2) is 10.3 Å². The van der Waals surface area contributed by atoms with E-state index >= 15 is 0 Å². The minimum absolute atomic E-state index is 0.187. The summed E-state index contributed by atoms with van der Waals surface area (Å²) in [4.78, 5) is 37.2. The fourth-order valence-corrected chi connectivity index (χ4v) is 3.10. The van der Waals surface area contributed by atoms with E-state index in [1.54, 1.807) is 5.48 Å². The molecule has 1 aliphatic heterocycles. The maximum Gasteiger partial charge on any atom is 0.326 e. The number of carbonyl (C=O) groups is 3. The Labute approximate surface area is 140 Å². The molecule has 1 aliphatic rings. The number of amides is 2. The minimum Gasteiger partial charge on any atom is -0.480 e. The summed E-state index contributed by atoms with van der Waals surface area (Å²) >= 11 is 0. The summed E-state index contributed by atoms with van der Waals surface area (Å²) in [5.41, 5.74) is 2.43. The smallest absolute Gasteiger partial charge is 0.326 e. The number of aliphatic carboxylic acids is 1. The van der Waals surface area contributed by atoms with Crippen molar-refractivity contribution in [2.75, 3.05) is 6.54 Å².